The van der Waals surface area contributed by atoms with Crippen molar-refractivity contribution in [1.29, 1.82) is 0 Å². The highest BCUT2D eigenvalue weighted by Gasteiger charge is 2.16. The molecule has 0 aliphatic carbocycles. The van der Waals surface area contributed by atoms with E-state index in [4.69, 9.17) is 16.7 Å². The maximum atomic E-state index is 12.5. The second-order valence-electron chi connectivity index (χ2n) is 5.31. The molecule has 2 rings (SSSR count). The van der Waals surface area contributed by atoms with Crippen molar-refractivity contribution in [1.82, 2.24) is 0 Å². The number of carbonyl (C=O) groups is 1. The Bertz CT molecular complexity index is 959. The summed E-state index contributed by atoms with van der Waals surface area (Å²) in [4.78, 5) is 10.7. The topological polar surface area (TPSA) is 83.5 Å². The van der Waals surface area contributed by atoms with Gasteiger partial charge in [-0.15, -0.1) is 0 Å². The third kappa shape index (κ3) is 5.52. The fourth-order valence-corrected chi connectivity index (χ4v) is 3.38. The molecule has 0 spiro atoms. The average Bonchev–Trinajstić information content (AvgIpc) is 2.53. The summed E-state index contributed by atoms with van der Waals surface area (Å²) < 4.78 is 27.6. The van der Waals surface area contributed by atoms with Gasteiger partial charge in [-0.05, 0) is 42.8 Å². The first-order valence-electron chi connectivity index (χ1n) is 7.37. The zero-order chi connectivity index (χ0) is 18.4. The van der Waals surface area contributed by atoms with Crippen molar-refractivity contribution in [2.24, 2.45) is 0 Å². The van der Waals surface area contributed by atoms with Gasteiger partial charge in [0.15, 0.2) is 0 Å². The Morgan fingerprint density at radius 2 is 2.00 bits per heavy atom. The summed E-state index contributed by atoms with van der Waals surface area (Å²) in [7, 11) is -3.77. The number of hydrogen-bond acceptors (Lipinski definition) is 3. The van der Waals surface area contributed by atoms with Gasteiger partial charge in [-0.3, -0.25) is 9.52 Å². The summed E-state index contributed by atoms with van der Waals surface area (Å²) in [6, 6.07) is 11.2. The molecule has 0 aliphatic rings. The van der Waals surface area contributed by atoms with Crippen LogP contribution in [0.15, 0.2) is 47.4 Å². The molecular formula is C18H16ClNO4S. The van der Waals surface area contributed by atoms with E-state index in [2.05, 4.69) is 16.6 Å². The minimum atomic E-state index is -3.77. The van der Waals surface area contributed by atoms with Gasteiger partial charge in [0.2, 0.25) is 0 Å². The molecule has 0 fully saturated rings. The molecule has 2 N–H and O–H groups in total. The van der Waals surface area contributed by atoms with Crippen molar-refractivity contribution in [3.63, 3.8) is 0 Å². The minimum Gasteiger partial charge on any atom is -0.481 e. The molecule has 0 aromatic heterocycles. The van der Waals surface area contributed by atoms with E-state index >= 15 is 0 Å². The lowest BCUT2D eigenvalue weighted by Crippen LogP contribution is -2.14. The van der Waals surface area contributed by atoms with Crippen LogP contribution in [0.1, 0.15) is 24.0 Å². The van der Waals surface area contributed by atoms with E-state index in [-0.39, 0.29) is 23.4 Å². The van der Waals surface area contributed by atoms with Gasteiger partial charge in [0.05, 0.1) is 22.6 Å². The van der Waals surface area contributed by atoms with Crippen molar-refractivity contribution < 1.29 is 18.3 Å². The number of halogens is 1. The standard InChI is InChI=1S/C18H16ClNO4S/c1-13-5-4-7-16(11-13)25(23,24)20-17-10-9-15(19)12-14(17)6-2-3-8-18(21)22/h4-5,7,9-12,20H,3,8H2,1H3,(H,21,22). The molecule has 25 heavy (non-hydrogen) atoms. The molecule has 0 atom stereocenters. The zero-order valence-electron chi connectivity index (χ0n) is 13.4. The number of carboxylic acids is 1. The molecule has 0 heterocycles. The fourth-order valence-electron chi connectivity index (χ4n) is 2.02. The van der Waals surface area contributed by atoms with Crippen molar-refractivity contribution in [3.8, 4) is 11.8 Å². The molecular weight excluding hydrogens is 362 g/mol. The smallest absolute Gasteiger partial charge is 0.304 e. The normalized spacial score (nSPS) is 10.6. The number of nitrogens with one attached hydrogen (secondary N) is 1. The minimum absolute atomic E-state index is 0.0854. The Hall–Kier alpha value is -2.49. The van der Waals surface area contributed by atoms with Crippen LogP contribution in [-0.2, 0) is 14.8 Å². The molecule has 0 radical (unpaired) electrons. The molecule has 0 bridgehead atoms. The second kappa shape index (κ2) is 8.06. The van der Waals surface area contributed by atoms with Gasteiger partial charge in [0.25, 0.3) is 10.0 Å². The monoisotopic (exact) mass is 377 g/mol. The van der Waals surface area contributed by atoms with Gasteiger partial charge in [-0.1, -0.05) is 35.6 Å². The van der Waals surface area contributed by atoms with E-state index in [1.54, 1.807) is 31.2 Å². The van der Waals surface area contributed by atoms with Gasteiger partial charge in [0, 0.05) is 11.4 Å². The van der Waals surface area contributed by atoms with Crippen LogP contribution >= 0.6 is 11.6 Å². The van der Waals surface area contributed by atoms with Crippen LogP contribution in [0.5, 0.6) is 0 Å². The average molecular weight is 378 g/mol. The Kier molecular flexibility index (Phi) is 6.07. The first-order chi connectivity index (χ1) is 11.8. The highest BCUT2D eigenvalue weighted by molar-refractivity contribution is 7.92. The Labute approximate surface area is 151 Å². The lowest BCUT2D eigenvalue weighted by atomic mass is 10.2. The van der Waals surface area contributed by atoms with Crippen LogP contribution < -0.4 is 4.72 Å². The number of aryl methyl sites for hydroxylation is 1. The van der Waals surface area contributed by atoms with E-state index in [0.717, 1.165) is 5.56 Å². The van der Waals surface area contributed by atoms with Crippen LogP contribution in [0.4, 0.5) is 5.69 Å². The quantitative estimate of drug-likeness (QED) is 0.779. The first-order valence-corrected chi connectivity index (χ1v) is 9.24. The number of aliphatic carboxylic acids is 1. The number of carboxylic acid groups (broad SMARTS) is 1. The summed E-state index contributed by atoms with van der Waals surface area (Å²) in [6.07, 6.45) is 0.0732. The Balaban J connectivity index is 2.31. The predicted octanol–water partition coefficient (Wildman–Crippen LogP) is 3.67. The fraction of sp³-hybridized carbons (Fsp3) is 0.167. The summed E-state index contributed by atoms with van der Waals surface area (Å²) in [5, 5.41) is 9.03. The molecule has 0 saturated carbocycles. The zero-order valence-corrected chi connectivity index (χ0v) is 15.0. The van der Waals surface area contributed by atoms with Crippen LogP contribution in [0.3, 0.4) is 0 Å². The summed E-state index contributed by atoms with van der Waals surface area (Å²) in [5.74, 6) is 4.54. The second-order valence-corrected chi connectivity index (χ2v) is 7.43. The molecule has 5 nitrogen and oxygen atoms in total. The van der Waals surface area contributed by atoms with Crippen LogP contribution in [-0.4, -0.2) is 19.5 Å². The molecule has 0 amide bonds. The number of benzene rings is 2. The number of rotatable bonds is 5. The first kappa shape index (κ1) is 18.8. The predicted molar refractivity (Wildman–Crippen MR) is 97.2 cm³/mol. The lowest BCUT2D eigenvalue weighted by molar-refractivity contribution is -0.136. The Morgan fingerprint density at radius 1 is 1.24 bits per heavy atom. The van der Waals surface area contributed by atoms with Crippen LogP contribution in [0, 0.1) is 18.8 Å². The third-order valence-corrected chi connectivity index (χ3v) is 4.81. The maximum absolute atomic E-state index is 12.5. The lowest BCUT2D eigenvalue weighted by Gasteiger charge is -2.11. The van der Waals surface area contributed by atoms with E-state index in [0.29, 0.717) is 10.6 Å². The van der Waals surface area contributed by atoms with Crippen molar-refractivity contribution in [2.75, 3.05) is 4.72 Å². The Morgan fingerprint density at radius 3 is 2.68 bits per heavy atom. The SMILES string of the molecule is Cc1cccc(S(=O)(=O)Nc2ccc(Cl)cc2C#CCCC(=O)O)c1. The molecule has 130 valence electrons. The van der Waals surface area contributed by atoms with Gasteiger partial charge >= 0.3 is 5.97 Å². The van der Waals surface area contributed by atoms with Crippen molar-refractivity contribution in [2.45, 2.75) is 24.7 Å². The van der Waals surface area contributed by atoms with E-state index in [1.807, 2.05) is 0 Å². The van der Waals surface area contributed by atoms with Crippen molar-refractivity contribution >= 4 is 33.3 Å². The van der Waals surface area contributed by atoms with Gasteiger partial charge in [0.1, 0.15) is 0 Å². The molecule has 2 aromatic rings. The van der Waals surface area contributed by atoms with Crippen LogP contribution in [0.2, 0.25) is 5.02 Å². The van der Waals surface area contributed by atoms with Gasteiger partial charge < -0.3 is 5.11 Å². The number of sulfonamides is 1. The largest absolute Gasteiger partial charge is 0.481 e. The van der Waals surface area contributed by atoms with Crippen LogP contribution in [0.25, 0.3) is 0 Å². The molecule has 0 saturated heterocycles. The van der Waals surface area contributed by atoms with E-state index < -0.39 is 16.0 Å². The number of hydrogen-bond donors (Lipinski definition) is 2. The van der Waals surface area contributed by atoms with Gasteiger partial charge in [-0.25, -0.2) is 8.42 Å². The molecule has 0 aliphatic heterocycles. The summed E-state index contributed by atoms with van der Waals surface area (Å²) in [5.41, 5.74) is 1.50. The highest BCUT2D eigenvalue weighted by Crippen LogP contribution is 2.23. The maximum Gasteiger partial charge on any atom is 0.304 e. The van der Waals surface area contributed by atoms with E-state index in [1.165, 1.54) is 18.2 Å². The van der Waals surface area contributed by atoms with E-state index in [9.17, 15) is 13.2 Å². The molecule has 0 unspecified atom stereocenters. The van der Waals surface area contributed by atoms with Gasteiger partial charge in [-0.2, -0.15) is 0 Å². The summed E-state index contributed by atoms with van der Waals surface area (Å²) >= 11 is 5.95. The van der Waals surface area contributed by atoms with Crippen molar-refractivity contribution in [3.05, 3.63) is 58.6 Å². The highest BCUT2D eigenvalue weighted by atomic mass is 35.5. The molecule has 7 heteroatoms. The number of anilines is 1. The third-order valence-electron chi connectivity index (χ3n) is 3.21. The summed E-state index contributed by atoms with van der Waals surface area (Å²) in [6.45, 7) is 1.81. The molecule has 2 aromatic carbocycles.